The number of nitrogens with one attached hydrogen (secondary N) is 1. The van der Waals surface area contributed by atoms with Crippen LogP contribution in [0.4, 0.5) is 0 Å². The minimum Gasteiger partial charge on any atom is -0.497 e. The van der Waals surface area contributed by atoms with Gasteiger partial charge in [-0.05, 0) is 49.9 Å². The normalized spacial score (nSPS) is 19.5. The SMILES string of the molecule is CCCNC(CC1CCCO1)c1cc(OC)cc(OC)c1. The largest absolute Gasteiger partial charge is 0.497 e. The molecule has 4 heteroatoms. The molecule has 0 spiro atoms. The first-order valence-electron chi connectivity index (χ1n) is 7.84. The van der Waals surface area contributed by atoms with Crippen LogP contribution in [0.5, 0.6) is 11.5 Å². The smallest absolute Gasteiger partial charge is 0.122 e. The summed E-state index contributed by atoms with van der Waals surface area (Å²) < 4.78 is 16.6. The summed E-state index contributed by atoms with van der Waals surface area (Å²) in [7, 11) is 3.38. The van der Waals surface area contributed by atoms with Crippen LogP contribution in [-0.4, -0.2) is 33.5 Å². The average molecular weight is 293 g/mol. The summed E-state index contributed by atoms with van der Waals surface area (Å²) in [6.07, 6.45) is 4.80. The van der Waals surface area contributed by atoms with Crippen LogP contribution in [0.1, 0.15) is 44.2 Å². The van der Waals surface area contributed by atoms with Gasteiger partial charge >= 0.3 is 0 Å². The molecule has 1 aliphatic rings. The minimum absolute atomic E-state index is 0.275. The molecule has 2 rings (SSSR count). The van der Waals surface area contributed by atoms with E-state index in [2.05, 4.69) is 24.4 Å². The maximum absolute atomic E-state index is 5.80. The second-order valence-electron chi connectivity index (χ2n) is 5.52. The predicted octanol–water partition coefficient (Wildman–Crippen LogP) is 3.31. The first-order valence-corrected chi connectivity index (χ1v) is 7.84. The van der Waals surface area contributed by atoms with E-state index in [1.165, 1.54) is 12.0 Å². The fourth-order valence-corrected chi connectivity index (χ4v) is 2.78. The number of methoxy groups -OCH3 is 2. The van der Waals surface area contributed by atoms with Crippen LogP contribution in [0.25, 0.3) is 0 Å². The highest BCUT2D eigenvalue weighted by Gasteiger charge is 2.22. The van der Waals surface area contributed by atoms with Crippen LogP contribution < -0.4 is 14.8 Å². The van der Waals surface area contributed by atoms with Gasteiger partial charge in [-0.3, -0.25) is 0 Å². The highest BCUT2D eigenvalue weighted by molar-refractivity contribution is 5.39. The van der Waals surface area contributed by atoms with Crippen LogP contribution in [0, 0.1) is 0 Å². The Morgan fingerprint density at radius 3 is 2.48 bits per heavy atom. The van der Waals surface area contributed by atoms with Gasteiger partial charge in [0.15, 0.2) is 0 Å². The van der Waals surface area contributed by atoms with Gasteiger partial charge in [-0.1, -0.05) is 6.92 Å². The molecular formula is C17H27NO3. The fraction of sp³-hybridized carbons (Fsp3) is 0.647. The van der Waals surface area contributed by atoms with Gasteiger partial charge in [-0.25, -0.2) is 0 Å². The molecule has 1 heterocycles. The van der Waals surface area contributed by atoms with Crippen LogP contribution in [-0.2, 0) is 4.74 Å². The summed E-state index contributed by atoms with van der Waals surface area (Å²) in [4.78, 5) is 0. The topological polar surface area (TPSA) is 39.7 Å². The lowest BCUT2D eigenvalue weighted by atomic mass is 9.98. The fourth-order valence-electron chi connectivity index (χ4n) is 2.78. The Labute approximate surface area is 127 Å². The Balaban J connectivity index is 2.17. The molecule has 0 radical (unpaired) electrons. The molecule has 21 heavy (non-hydrogen) atoms. The first-order chi connectivity index (χ1) is 10.3. The third-order valence-corrected chi connectivity index (χ3v) is 3.94. The van der Waals surface area contributed by atoms with E-state index >= 15 is 0 Å². The van der Waals surface area contributed by atoms with Crippen molar-refractivity contribution in [3.8, 4) is 11.5 Å². The third-order valence-electron chi connectivity index (χ3n) is 3.94. The molecule has 0 bridgehead atoms. The van der Waals surface area contributed by atoms with Crippen LogP contribution in [0.2, 0.25) is 0 Å². The lowest BCUT2D eigenvalue weighted by molar-refractivity contribution is 0.0945. The Hall–Kier alpha value is -1.26. The van der Waals surface area contributed by atoms with E-state index < -0.39 is 0 Å². The van der Waals surface area contributed by atoms with E-state index in [9.17, 15) is 0 Å². The average Bonchev–Trinajstić information content (AvgIpc) is 3.03. The van der Waals surface area contributed by atoms with E-state index in [0.29, 0.717) is 6.10 Å². The van der Waals surface area contributed by atoms with Crippen molar-refractivity contribution >= 4 is 0 Å². The van der Waals surface area contributed by atoms with E-state index in [1.54, 1.807) is 14.2 Å². The Kier molecular flexibility index (Phi) is 6.33. The van der Waals surface area contributed by atoms with Crippen molar-refractivity contribution in [2.75, 3.05) is 27.4 Å². The van der Waals surface area contributed by atoms with Gasteiger partial charge in [0.2, 0.25) is 0 Å². The molecule has 1 fully saturated rings. The van der Waals surface area contributed by atoms with Crippen molar-refractivity contribution in [1.82, 2.24) is 5.32 Å². The van der Waals surface area contributed by atoms with Crippen molar-refractivity contribution in [2.45, 2.75) is 44.8 Å². The quantitative estimate of drug-likeness (QED) is 0.798. The standard InChI is InChI=1S/C17H27NO3/c1-4-7-18-17(12-14-6-5-8-21-14)13-9-15(19-2)11-16(10-13)20-3/h9-11,14,17-18H,4-8,12H2,1-3H3. The van der Waals surface area contributed by atoms with Gasteiger partial charge in [-0.2, -0.15) is 0 Å². The van der Waals surface area contributed by atoms with Crippen LogP contribution in [0.15, 0.2) is 18.2 Å². The van der Waals surface area contributed by atoms with Crippen LogP contribution >= 0.6 is 0 Å². The van der Waals surface area contributed by atoms with E-state index in [-0.39, 0.29) is 6.04 Å². The number of ether oxygens (including phenoxy) is 3. The molecule has 0 aliphatic carbocycles. The molecule has 2 unspecified atom stereocenters. The molecule has 1 saturated heterocycles. The van der Waals surface area contributed by atoms with Crippen molar-refractivity contribution in [3.05, 3.63) is 23.8 Å². The highest BCUT2D eigenvalue weighted by atomic mass is 16.5. The lowest BCUT2D eigenvalue weighted by Gasteiger charge is -2.23. The van der Waals surface area contributed by atoms with Gasteiger partial charge in [0.25, 0.3) is 0 Å². The maximum atomic E-state index is 5.80. The molecule has 4 nitrogen and oxygen atoms in total. The third kappa shape index (κ3) is 4.61. The predicted molar refractivity (Wildman–Crippen MR) is 84.2 cm³/mol. The van der Waals surface area contributed by atoms with Gasteiger partial charge < -0.3 is 19.5 Å². The molecule has 1 aromatic rings. The maximum Gasteiger partial charge on any atom is 0.122 e. The Morgan fingerprint density at radius 1 is 1.24 bits per heavy atom. The zero-order chi connectivity index (χ0) is 15.1. The van der Waals surface area contributed by atoms with Gasteiger partial charge in [-0.15, -0.1) is 0 Å². The van der Waals surface area contributed by atoms with Gasteiger partial charge in [0, 0.05) is 18.7 Å². The summed E-state index contributed by atoms with van der Waals surface area (Å²) >= 11 is 0. The van der Waals surface area contributed by atoms with Gasteiger partial charge in [0.1, 0.15) is 11.5 Å². The minimum atomic E-state index is 0.275. The monoisotopic (exact) mass is 293 g/mol. The van der Waals surface area contributed by atoms with Crippen molar-refractivity contribution in [2.24, 2.45) is 0 Å². The summed E-state index contributed by atoms with van der Waals surface area (Å²) in [5.74, 6) is 1.67. The molecule has 0 aromatic heterocycles. The second kappa shape index (κ2) is 8.25. The number of hydrogen-bond donors (Lipinski definition) is 1. The Bertz CT molecular complexity index is 408. The van der Waals surface area contributed by atoms with Crippen molar-refractivity contribution in [3.63, 3.8) is 0 Å². The molecule has 1 aliphatic heterocycles. The van der Waals surface area contributed by atoms with Crippen LogP contribution in [0.3, 0.4) is 0 Å². The molecule has 1 N–H and O–H groups in total. The lowest BCUT2D eigenvalue weighted by Crippen LogP contribution is -2.26. The molecule has 0 amide bonds. The molecular weight excluding hydrogens is 266 g/mol. The highest BCUT2D eigenvalue weighted by Crippen LogP contribution is 2.30. The zero-order valence-electron chi connectivity index (χ0n) is 13.4. The molecule has 1 aromatic carbocycles. The number of rotatable bonds is 8. The second-order valence-corrected chi connectivity index (χ2v) is 5.52. The van der Waals surface area contributed by atoms with E-state index in [1.807, 2.05) is 6.07 Å². The molecule has 118 valence electrons. The number of hydrogen-bond acceptors (Lipinski definition) is 4. The summed E-state index contributed by atoms with van der Waals surface area (Å²) in [6.45, 7) is 4.08. The Morgan fingerprint density at radius 2 is 1.95 bits per heavy atom. The zero-order valence-corrected chi connectivity index (χ0v) is 13.4. The van der Waals surface area contributed by atoms with E-state index in [4.69, 9.17) is 14.2 Å². The van der Waals surface area contributed by atoms with Crippen molar-refractivity contribution < 1.29 is 14.2 Å². The summed E-state index contributed by atoms with van der Waals surface area (Å²) in [6, 6.07) is 6.36. The number of benzene rings is 1. The molecule has 0 saturated carbocycles. The first kappa shape index (κ1) is 16.1. The van der Waals surface area contributed by atoms with Crippen molar-refractivity contribution in [1.29, 1.82) is 0 Å². The summed E-state index contributed by atoms with van der Waals surface area (Å²) in [5, 5.41) is 3.62. The van der Waals surface area contributed by atoms with E-state index in [0.717, 1.165) is 43.9 Å². The van der Waals surface area contributed by atoms with Gasteiger partial charge in [0.05, 0.1) is 20.3 Å². The summed E-state index contributed by atoms with van der Waals surface area (Å²) in [5.41, 5.74) is 1.20. The molecule has 2 atom stereocenters.